The number of ether oxygens (including phenoxy) is 1. The zero-order valence-corrected chi connectivity index (χ0v) is 13.0. The Hall–Kier alpha value is -2.04. The van der Waals surface area contributed by atoms with Crippen LogP contribution in [-0.4, -0.2) is 26.2 Å². The molecule has 21 heavy (non-hydrogen) atoms. The average molecular weight is 290 g/mol. The van der Waals surface area contributed by atoms with Gasteiger partial charge in [-0.1, -0.05) is 17.2 Å². The van der Waals surface area contributed by atoms with E-state index in [0.717, 1.165) is 16.7 Å². The Labute approximate surface area is 125 Å². The molecule has 0 radical (unpaired) electrons. The van der Waals surface area contributed by atoms with E-state index in [-0.39, 0.29) is 5.97 Å². The highest BCUT2D eigenvalue weighted by molar-refractivity contribution is 5.78. The van der Waals surface area contributed by atoms with E-state index in [4.69, 9.17) is 10.3 Å². The number of hydrogen-bond acceptors (Lipinski definition) is 4. The Balaban J connectivity index is 2.90. The van der Waals surface area contributed by atoms with E-state index in [1.165, 1.54) is 12.7 Å². The number of aryl methyl sites for hydroxylation is 3. The lowest BCUT2D eigenvalue weighted by molar-refractivity contribution is -0.143. The minimum absolute atomic E-state index is 0.315. The molecule has 1 atom stereocenters. The van der Waals surface area contributed by atoms with Gasteiger partial charge in [-0.25, -0.2) is 4.79 Å². The summed E-state index contributed by atoms with van der Waals surface area (Å²) >= 11 is 0. The monoisotopic (exact) mass is 290 g/mol. The minimum atomic E-state index is -0.500. The van der Waals surface area contributed by atoms with E-state index in [0.29, 0.717) is 19.5 Å². The van der Waals surface area contributed by atoms with E-state index >= 15 is 0 Å². The van der Waals surface area contributed by atoms with Gasteiger partial charge in [-0.05, 0) is 61.5 Å². The van der Waals surface area contributed by atoms with Crippen molar-refractivity contribution in [2.45, 2.75) is 33.2 Å². The Bertz CT molecular complexity index is 551. The van der Waals surface area contributed by atoms with Gasteiger partial charge < -0.3 is 10.1 Å². The molecule has 0 spiro atoms. The number of azide groups is 1. The van der Waals surface area contributed by atoms with E-state index in [1.807, 2.05) is 26.8 Å². The summed E-state index contributed by atoms with van der Waals surface area (Å²) in [6, 6.07) is 3.59. The molecular weight excluding hydrogens is 268 g/mol. The highest BCUT2D eigenvalue weighted by atomic mass is 16.5. The third-order valence-corrected chi connectivity index (χ3v) is 3.48. The average Bonchev–Trinajstić information content (AvgIpc) is 2.46. The summed E-state index contributed by atoms with van der Waals surface area (Å²) in [5, 5.41) is 6.65. The molecule has 0 aliphatic rings. The lowest BCUT2D eigenvalue weighted by atomic mass is 9.95. The molecule has 0 aromatic heterocycles. The minimum Gasteiger partial charge on any atom is -0.468 e. The van der Waals surface area contributed by atoms with Gasteiger partial charge in [0.25, 0.3) is 0 Å². The van der Waals surface area contributed by atoms with Crippen molar-refractivity contribution in [3.63, 3.8) is 0 Å². The largest absolute Gasteiger partial charge is 0.468 e. The molecule has 0 bridgehead atoms. The SMILES string of the molecule is COC(=O)C(NCCCN=[N+]=[N-])c1cc(C)c(C)cc1C. The van der Waals surface area contributed by atoms with Gasteiger partial charge >= 0.3 is 5.97 Å². The molecule has 1 unspecified atom stereocenters. The van der Waals surface area contributed by atoms with Crippen LogP contribution in [0, 0.1) is 20.8 Å². The normalized spacial score (nSPS) is 11.6. The second kappa shape index (κ2) is 8.29. The molecule has 0 heterocycles. The molecule has 6 heteroatoms. The zero-order chi connectivity index (χ0) is 15.8. The van der Waals surface area contributed by atoms with Gasteiger partial charge in [0.2, 0.25) is 0 Å². The summed E-state index contributed by atoms with van der Waals surface area (Å²) in [6.45, 7) is 7.04. The van der Waals surface area contributed by atoms with E-state index < -0.39 is 6.04 Å². The van der Waals surface area contributed by atoms with Gasteiger partial charge in [-0.3, -0.25) is 0 Å². The standard InChI is InChI=1S/C15H22N4O2/c1-10-8-12(3)13(9-11(10)2)14(15(20)21-4)17-6-5-7-18-19-16/h8-9,14,17H,5-7H2,1-4H3. The van der Waals surface area contributed by atoms with Gasteiger partial charge in [0, 0.05) is 11.5 Å². The summed E-state index contributed by atoms with van der Waals surface area (Å²) < 4.78 is 4.89. The van der Waals surface area contributed by atoms with E-state index in [1.54, 1.807) is 0 Å². The molecule has 0 amide bonds. The molecule has 0 aliphatic carbocycles. The third-order valence-electron chi connectivity index (χ3n) is 3.48. The van der Waals surface area contributed by atoms with Crippen molar-refractivity contribution in [3.8, 4) is 0 Å². The Kier molecular flexibility index (Phi) is 6.72. The Morgan fingerprint density at radius 1 is 1.33 bits per heavy atom. The maximum atomic E-state index is 12.0. The van der Waals surface area contributed by atoms with Crippen molar-refractivity contribution in [2.24, 2.45) is 5.11 Å². The van der Waals surface area contributed by atoms with Crippen LogP contribution in [-0.2, 0) is 9.53 Å². The van der Waals surface area contributed by atoms with Crippen LogP contribution in [0.15, 0.2) is 17.2 Å². The first-order valence-electron chi connectivity index (χ1n) is 6.91. The van der Waals surface area contributed by atoms with Crippen molar-refractivity contribution in [2.75, 3.05) is 20.2 Å². The summed E-state index contributed by atoms with van der Waals surface area (Å²) in [5.74, 6) is -0.315. The van der Waals surface area contributed by atoms with Crippen molar-refractivity contribution < 1.29 is 9.53 Å². The maximum absolute atomic E-state index is 12.0. The number of nitrogens with zero attached hydrogens (tertiary/aromatic N) is 3. The van der Waals surface area contributed by atoms with Crippen molar-refractivity contribution in [3.05, 3.63) is 44.8 Å². The quantitative estimate of drug-likeness (QED) is 0.275. The molecule has 1 aromatic carbocycles. The number of esters is 1. The predicted octanol–water partition coefficient (Wildman–Crippen LogP) is 3.12. The van der Waals surface area contributed by atoms with Gasteiger partial charge in [0.15, 0.2) is 0 Å². The lowest BCUT2D eigenvalue weighted by Crippen LogP contribution is -2.31. The number of rotatable bonds is 7. The highest BCUT2D eigenvalue weighted by Crippen LogP contribution is 2.23. The van der Waals surface area contributed by atoms with Gasteiger partial charge in [-0.2, -0.15) is 0 Å². The van der Waals surface area contributed by atoms with Crippen molar-refractivity contribution in [1.29, 1.82) is 0 Å². The topological polar surface area (TPSA) is 87.1 Å². The first-order chi connectivity index (χ1) is 10.0. The molecular formula is C15H22N4O2. The van der Waals surface area contributed by atoms with Crippen LogP contribution in [0.3, 0.4) is 0 Å². The molecule has 0 fully saturated rings. The molecule has 114 valence electrons. The number of nitrogens with one attached hydrogen (secondary N) is 1. The lowest BCUT2D eigenvalue weighted by Gasteiger charge is -2.20. The van der Waals surface area contributed by atoms with Crippen LogP contribution in [0.5, 0.6) is 0 Å². The van der Waals surface area contributed by atoms with Gasteiger partial charge in [0.1, 0.15) is 6.04 Å². The fourth-order valence-corrected chi connectivity index (χ4v) is 2.17. The first kappa shape index (κ1) is 17.0. The second-order valence-corrected chi connectivity index (χ2v) is 5.01. The maximum Gasteiger partial charge on any atom is 0.327 e. The highest BCUT2D eigenvalue weighted by Gasteiger charge is 2.22. The smallest absolute Gasteiger partial charge is 0.327 e. The van der Waals surface area contributed by atoms with Crippen LogP contribution in [0.1, 0.15) is 34.7 Å². The van der Waals surface area contributed by atoms with Crippen molar-refractivity contribution in [1.82, 2.24) is 5.32 Å². The van der Waals surface area contributed by atoms with Gasteiger partial charge in [0.05, 0.1) is 7.11 Å². The van der Waals surface area contributed by atoms with Crippen LogP contribution in [0.4, 0.5) is 0 Å². The van der Waals surface area contributed by atoms with Crippen LogP contribution < -0.4 is 5.32 Å². The number of hydrogen-bond donors (Lipinski definition) is 1. The Morgan fingerprint density at radius 3 is 2.62 bits per heavy atom. The molecule has 0 aliphatic heterocycles. The van der Waals surface area contributed by atoms with E-state index in [2.05, 4.69) is 21.4 Å². The molecule has 1 N–H and O–H groups in total. The molecule has 0 saturated heterocycles. The number of benzene rings is 1. The van der Waals surface area contributed by atoms with Gasteiger partial charge in [-0.15, -0.1) is 0 Å². The van der Waals surface area contributed by atoms with Crippen LogP contribution in [0.25, 0.3) is 10.4 Å². The summed E-state index contributed by atoms with van der Waals surface area (Å²) in [7, 11) is 1.38. The van der Waals surface area contributed by atoms with Crippen LogP contribution >= 0.6 is 0 Å². The molecule has 6 nitrogen and oxygen atoms in total. The molecule has 1 rings (SSSR count). The predicted molar refractivity (Wildman–Crippen MR) is 82.0 cm³/mol. The molecule has 1 aromatic rings. The summed E-state index contributed by atoms with van der Waals surface area (Å²) in [6.07, 6.45) is 0.668. The second-order valence-electron chi connectivity index (χ2n) is 5.01. The number of carbonyl (C=O) groups is 1. The molecule has 0 saturated carbocycles. The number of methoxy groups -OCH3 is 1. The third kappa shape index (κ3) is 4.77. The Morgan fingerprint density at radius 2 is 2.00 bits per heavy atom. The van der Waals surface area contributed by atoms with Crippen molar-refractivity contribution >= 4 is 5.97 Å². The van der Waals surface area contributed by atoms with E-state index in [9.17, 15) is 4.79 Å². The zero-order valence-electron chi connectivity index (χ0n) is 13.0. The van der Waals surface area contributed by atoms with Crippen LogP contribution in [0.2, 0.25) is 0 Å². The first-order valence-corrected chi connectivity index (χ1v) is 6.91. The fraction of sp³-hybridized carbons (Fsp3) is 0.533. The summed E-state index contributed by atoms with van der Waals surface area (Å²) in [4.78, 5) is 14.7. The number of carbonyl (C=O) groups excluding carboxylic acids is 1. The summed E-state index contributed by atoms with van der Waals surface area (Å²) in [5.41, 5.74) is 12.5. The fourth-order valence-electron chi connectivity index (χ4n) is 2.17.